The van der Waals surface area contributed by atoms with Gasteiger partial charge in [0.1, 0.15) is 0 Å². The third-order valence-electron chi connectivity index (χ3n) is 3.29. The maximum atomic E-state index is 11.9. The highest BCUT2D eigenvalue weighted by atomic mass is 32.2. The van der Waals surface area contributed by atoms with E-state index in [0.717, 1.165) is 24.1 Å². The van der Waals surface area contributed by atoms with Gasteiger partial charge in [-0.05, 0) is 36.0 Å². The second-order valence-electron chi connectivity index (χ2n) is 4.91. The van der Waals surface area contributed by atoms with Crippen LogP contribution in [0.25, 0.3) is 0 Å². The van der Waals surface area contributed by atoms with Crippen molar-refractivity contribution in [3.63, 3.8) is 0 Å². The summed E-state index contributed by atoms with van der Waals surface area (Å²) in [5.41, 5.74) is 7.76. The number of hydrogen-bond donors (Lipinski definition) is 2. The molecule has 0 heterocycles. The van der Waals surface area contributed by atoms with Crippen LogP contribution in [-0.4, -0.2) is 24.5 Å². The number of amides is 1. The topological polar surface area (TPSA) is 55.1 Å². The van der Waals surface area contributed by atoms with Crippen LogP contribution in [0.5, 0.6) is 0 Å². The number of unbranched alkanes of at least 4 members (excludes halogenated alkanes) is 3. The zero-order chi connectivity index (χ0) is 14.6. The van der Waals surface area contributed by atoms with Gasteiger partial charge in [0.05, 0.1) is 6.42 Å². The van der Waals surface area contributed by atoms with Crippen LogP contribution in [0.15, 0.2) is 24.3 Å². The molecule has 0 fully saturated rings. The second-order valence-corrected chi connectivity index (χ2v) is 5.89. The van der Waals surface area contributed by atoms with Crippen LogP contribution in [0.1, 0.15) is 36.8 Å². The minimum atomic E-state index is 0.0926. The predicted octanol–water partition coefficient (Wildman–Crippen LogP) is 2.73. The number of carbonyl (C=O) groups excluding carboxylic acids is 1. The molecule has 0 aromatic heterocycles. The summed E-state index contributed by atoms with van der Waals surface area (Å²) >= 11 is 1.90. The van der Waals surface area contributed by atoms with Crippen LogP contribution < -0.4 is 11.1 Å². The summed E-state index contributed by atoms with van der Waals surface area (Å²) in [5, 5.41) is 2.99. The lowest BCUT2D eigenvalue weighted by atomic mass is 10.0. The monoisotopic (exact) mass is 294 g/mol. The molecule has 4 heteroatoms. The Morgan fingerprint density at radius 1 is 1.15 bits per heavy atom. The normalized spacial score (nSPS) is 10.5. The Labute approximate surface area is 126 Å². The number of hydrogen-bond acceptors (Lipinski definition) is 3. The van der Waals surface area contributed by atoms with Gasteiger partial charge in [-0.2, -0.15) is 11.8 Å². The van der Waals surface area contributed by atoms with Crippen molar-refractivity contribution < 1.29 is 4.79 Å². The fraction of sp³-hybridized carbons (Fsp3) is 0.562. The minimum absolute atomic E-state index is 0.0926. The molecule has 20 heavy (non-hydrogen) atoms. The average molecular weight is 294 g/mol. The number of rotatable bonds is 10. The summed E-state index contributed by atoms with van der Waals surface area (Å²) in [6, 6.07) is 7.87. The molecule has 1 aromatic carbocycles. The number of benzene rings is 1. The van der Waals surface area contributed by atoms with Crippen LogP contribution in [0, 0.1) is 0 Å². The molecule has 0 saturated heterocycles. The SMILES string of the molecule is CSCCCCCCNC(=O)Cc1ccccc1CN. The van der Waals surface area contributed by atoms with E-state index in [0.29, 0.717) is 13.0 Å². The van der Waals surface area contributed by atoms with Gasteiger partial charge in [-0.3, -0.25) is 4.79 Å². The molecule has 3 nitrogen and oxygen atoms in total. The Morgan fingerprint density at radius 2 is 1.85 bits per heavy atom. The van der Waals surface area contributed by atoms with Gasteiger partial charge in [-0.25, -0.2) is 0 Å². The molecular formula is C16H26N2OS. The quantitative estimate of drug-likeness (QED) is 0.652. The second kappa shape index (κ2) is 10.7. The first-order chi connectivity index (χ1) is 9.77. The van der Waals surface area contributed by atoms with E-state index < -0.39 is 0 Å². The van der Waals surface area contributed by atoms with E-state index in [9.17, 15) is 4.79 Å². The summed E-state index contributed by atoms with van der Waals surface area (Å²) in [4.78, 5) is 11.9. The number of nitrogens with one attached hydrogen (secondary N) is 1. The zero-order valence-electron chi connectivity index (χ0n) is 12.4. The fourth-order valence-electron chi connectivity index (χ4n) is 2.12. The van der Waals surface area contributed by atoms with Crippen molar-refractivity contribution in [3.8, 4) is 0 Å². The highest BCUT2D eigenvalue weighted by Crippen LogP contribution is 2.08. The summed E-state index contributed by atoms with van der Waals surface area (Å²) in [6.07, 6.45) is 7.36. The first-order valence-corrected chi connectivity index (χ1v) is 8.69. The molecule has 0 aliphatic carbocycles. The minimum Gasteiger partial charge on any atom is -0.356 e. The van der Waals surface area contributed by atoms with Gasteiger partial charge in [0.25, 0.3) is 0 Å². The molecule has 0 atom stereocenters. The summed E-state index contributed by atoms with van der Waals surface area (Å²) in [7, 11) is 0. The van der Waals surface area contributed by atoms with Crippen molar-refractivity contribution in [2.24, 2.45) is 5.73 Å². The fourth-order valence-corrected chi connectivity index (χ4v) is 2.61. The molecule has 0 aliphatic heterocycles. The summed E-state index contributed by atoms with van der Waals surface area (Å²) in [5.74, 6) is 1.33. The third kappa shape index (κ3) is 6.96. The smallest absolute Gasteiger partial charge is 0.224 e. The van der Waals surface area contributed by atoms with Gasteiger partial charge in [0.2, 0.25) is 5.91 Å². The van der Waals surface area contributed by atoms with Gasteiger partial charge in [0, 0.05) is 13.1 Å². The predicted molar refractivity (Wildman–Crippen MR) is 87.9 cm³/mol. The largest absolute Gasteiger partial charge is 0.356 e. The number of thioether (sulfide) groups is 1. The van der Waals surface area contributed by atoms with Crippen molar-refractivity contribution >= 4 is 17.7 Å². The van der Waals surface area contributed by atoms with Crippen LogP contribution in [-0.2, 0) is 17.8 Å². The molecule has 1 rings (SSSR count). The van der Waals surface area contributed by atoms with Gasteiger partial charge in [-0.1, -0.05) is 37.1 Å². The van der Waals surface area contributed by atoms with Crippen LogP contribution >= 0.6 is 11.8 Å². The van der Waals surface area contributed by atoms with Gasteiger partial charge >= 0.3 is 0 Å². The number of carbonyl (C=O) groups is 1. The Kier molecular flexibility index (Phi) is 9.16. The summed E-state index contributed by atoms with van der Waals surface area (Å²) < 4.78 is 0. The Morgan fingerprint density at radius 3 is 2.55 bits per heavy atom. The van der Waals surface area contributed by atoms with E-state index in [1.165, 1.54) is 25.0 Å². The molecule has 3 N–H and O–H groups in total. The number of nitrogens with two attached hydrogens (primary N) is 1. The van der Waals surface area contributed by atoms with Crippen LogP contribution in [0.4, 0.5) is 0 Å². The van der Waals surface area contributed by atoms with E-state index in [2.05, 4.69) is 11.6 Å². The van der Waals surface area contributed by atoms with E-state index in [1.807, 2.05) is 36.0 Å². The third-order valence-corrected chi connectivity index (χ3v) is 3.98. The molecule has 0 saturated carbocycles. The lowest BCUT2D eigenvalue weighted by Crippen LogP contribution is -2.26. The zero-order valence-corrected chi connectivity index (χ0v) is 13.2. The van der Waals surface area contributed by atoms with E-state index >= 15 is 0 Å². The van der Waals surface area contributed by atoms with Crippen molar-refractivity contribution in [2.45, 2.75) is 38.6 Å². The highest BCUT2D eigenvalue weighted by molar-refractivity contribution is 7.98. The molecule has 112 valence electrons. The first kappa shape index (κ1) is 17.1. The molecule has 0 bridgehead atoms. The lowest BCUT2D eigenvalue weighted by molar-refractivity contribution is -0.120. The Bertz CT molecular complexity index is 396. The first-order valence-electron chi connectivity index (χ1n) is 7.30. The lowest BCUT2D eigenvalue weighted by Gasteiger charge is -2.08. The maximum Gasteiger partial charge on any atom is 0.224 e. The van der Waals surface area contributed by atoms with E-state index in [1.54, 1.807) is 0 Å². The van der Waals surface area contributed by atoms with E-state index in [-0.39, 0.29) is 5.91 Å². The average Bonchev–Trinajstić information content (AvgIpc) is 2.47. The van der Waals surface area contributed by atoms with Crippen molar-refractivity contribution in [2.75, 3.05) is 18.6 Å². The molecule has 0 radical (unpaired) electrons. The molecule has 0 unspecified atom stereocenters. The van der Waals surface area contributed by atoms with Gasteiger partial charge in [0.15, 0.2) is 0 Å². The summed E-state index contributed by atoms with van der Waals surface area (Å²) in [6.45, 7) is 1.27. The van der Waals surface area contributed by atoms with Crippen molar-refractivity contribution in [1.82, 2.24) is 5.32 Å². The van der Waals surface area contributed by atoms with Gasteiger partial charge < -0.3 is 11.1 Å². The highest BCUT2D eigenvalue weighted by Gasteiger charge is 2.06. The molecule has 0 spiro atoms. The van der Waals surface area contributed by atoms with Crippen LogP contribution in [0.3, 0.4) is 0 Å². The van der Waals surface area contributed by atoms with Crippen LogP contribution in [0.2, 0.25) is 0 Å². The molecule has 1 aromatic rings. The Balaban J connectivity index is 2.17. The molecule has 1 amide bonds. The maximum absolute atomic E-state index is 11.9. The molecular weight excluding hydrogens is 268 g/mol. The van der Waals surface area contributed by atoms with E-state index in [4.69, 9.17) is 5.73 Å². The standard InChI is InChI=1S/C16H26N2OS/c1-20-11-7-3-2-6-10-18-16(19)12-14-8-4-5-9-15(14)13-17/h4-5,8-9H,2-3,6-7,10-13,17H2,1H3,(H,18,19). The molecule has 0 aliphatic rings. The van der Waals surface area contributed by atoms with Crippen molar-refractivity contribution in [3.05, 3.63) is 35.4 Å². The Hall–Kier alpha value is -1.00. The van der Waals surface area contributed by atoms with Crippen molar-refractivity contribution in [1.29, 1.82) is 0 Å². The van der Waals surface area contributed by atoms with Gasteiger partial charge in [-0.15, -0.1) is 0 Å².